The molecule has 0 aliphatic heterocycles. The van der Waals surface area contributed by atoms with Crippen molar-refractivity contribution in [3.63, 3.8) is 0 Å². The number of sulfonamides is 1. The van der Waals surface area contributed by atoms with E-state index in [1.54, 1.807) is 0 Å². The molecule has 0 fully saturated rings. The van der Waals surface area contributed by atoms with Gasteiger partial charge >= 0.3 is 0 Å². The SMILES string of the molecule is C[C@@H](CO)NS(=O)(=O)c1ccc(=O)[nH]c1. The number of aromatic amines is 1. The van der Waals surface area contributed by atoms with Crippen LogP contribution in [0.5, 0.6) is 0 Å². The second-order valence-corrected chi connectivity index (χ2v) is 4.81. The van der Waals surface area contributed by atoms with Gasteiger partial charge in [0.25, 0.3) is 0 Å². The zero-order valence-corrected chi connectivity index (χ0v) is 8.91. The molecule has 7 heteroatoms. The van der Waals surface area contributed by atoms with Gasteiger partial charge in [-0.15, -0.1) is 0 Å². The van der Waals surface area contributed by atoms with Crippen molar-refractivity contribution in [2.24, 2.45) is 0 Å². The van der Waals surface area contributed by atoms with Gasteiger partial charge in [0.1, 0.15) is 0 Å². The Balaban J connectivity index is 2.96. The minimum atomic E-state index is -3.67. The molecule has 0 unspecified atom stereocenters. The Labute approximate surface area is 87.0 Å². The standard InChI is InChI=1S/C8H12N2O4S/c1-6(5-11)10-15(13,14)7-2-3-8(12)9-4-7/h2-4,6,10-11H,5H2,1H3,(H,9,12)/t6-/m0/s1. The van der Waals surface area contributed by atoms with E-state index in [1.807, 2.05) is 0 Å². The first-order valence-corrected chi connectivity index (χ1v) is 5.76. The highest BCUT2D eigenvalue weighted by Gasteiger charge is 2.16. The molecule has 0 aliphatic carbocycles. The Bertz CT molecular complexity index is 459. The van der Waals surface area contributed by atoms with Crippen LogP contribution in [0.15, 0.2) is 28.0 Å². The van der Waals surface area contributed by atoms with Crippen molar-refractivity contribution < 1.29 is 13.5 Å². The Morgan fingerprint density at radius 3 is 2.67 bits per heavy atom. The fourth-order valence-electron chi connectivity index (χ4n) is 0.934. The number of aromatic nitrogens is 1. The number of hydrogen-bond acceptors (Lipinski definition) is 4. The molecule has 0 aromatic carbocycles. The van der Waals surface area contributed by atoms with E-state index in [1.165, 1.54) is 13.0 Å². The quantitative estimate of drug-likeness (QED) is 0.622. The molecule has 84 valence electrons. The lowest BCUT2D eigenvalue weighted by Gasteiger charge is -2.10. The molecule has 0 aliphatic rings. The summed E-state index contributed by atoms with van der Waals surface area (Å²) in [5.74, 6) is 0. The first-order chi connectivity index (χ1) is 6.95. The summed E-state index contributed by atoms with van der Waals surface area (Å²) in [7, 11) is -3.67. The molecule has 0 saturated heterocycles. The first-order valence-electron chi connectivity index (χ1n) is 4.27. The van der Waals surface area contributed by atoms with Crippen LogP contribution < -0.4 is 10.3 Å². The lowest BCUT2D eigenvalue weighted by atomic mass is 10.4. The predicted molar refractivity (Wildman–Crippen MR) is 53.9 cm³/mol. The van der Waals surface area contributed by atoms with E-state index >= 15 is 0 Å². The van der Waals surface area contributed by atoms with Crippen molar-refractivity contribution in [3.8, 4) is 0 Å². The van der Waals surface area contributed by atoms with Crippen molar-refractivity contribution in [2.45, 2.75) is 17.9 Å². The normalized spacial score (nSPS) is 13.7. The number of H-pyrrole nitrogens is 1. The zero-order chi connectivity index (χ0) is 11.5. The van der Waals surface area contributed by atoms with Crippen LogP contribution in [0.2, 0.25) is 0 Å². The summed E-state index contributed by atoms with van der Waals surface area (Å²) >= 11 is 0. The highest BCUT2D eigenvalue weighted by molar-refractivity contribution is 7.89. The van der Waals surface area contributed by atoms with Crippen molar-refractivity contribution in [3.05, 3.63) is 28.7 Å². The third kappa shape index (κ3) is 3.15. The predicted octanol–water partition coefficient (Wildman–Crippen LogP) is -0.966. The van der Waals surface area contributed by atoms with E-state index in [9.17, 15) is 13.2 Å². The van der Waals surface area contributed by atoms with Gasteiger partial charge in [-0.3, -0.25) is 4.79 Å². The minimum absolute atomic E-state index is 0.0394. The number of hydrogen-bond donors (Lipinski definition) is 3. The highest BCUT2D eigenvalue weighted by atomic mass is 32.2. The van der Waals surface area contributed by atoms with Gasteiger partial charge in [0.05, 0.1) is 11.5 Å². The molecular formula is C8H12N2O4S. The number of aliphatic hydroxyl groups excluding tert-OH is 1. The average Bonchev–Trinajstić information content (AvgIpc) is 2.17. The lowest BCUT2D eigenvalue weighted by molar-refractivity contribution is 0.265. The Kier molecular flexibility index (Phi) is 3.61. The third-order valence-corrected chi connectivity index (χ3v) is 3.28. The van der Waals surface area contributed by atoms with Crippen LogP contribution in [-0.4, -0.2) is 31.2 Å². The molecule has 0 spiro atoms. The summed E-state index contributed by atoms with van der Waals surface area (Å²) in [5, 5.41) is 8.70. The van der Waals surface area contributed by atoms with Crippen molar-refractivity contribution >= 4 is 10.0 Å². The van der Waals surface area contributed by atoms with Crippen LogP contribution in [0.1, 0.15) is 6.92 Å². The number of rotatable bonds is 4. The monoisotopic (exact) mass is 232 g/mol. The summed E-state index contributed by atoms with van der Waals surface area (Å²) in [4.78, 5) is 12.9. The molecule has 0 bridgehead atoms. The highest BCUT2D eigenvalue weighted by Crippen LogP contribution is 2.04. The summed E-state index contributed by atoms with van der Waals surface area (Å²) in [6, 6.07) is 1.76. The Hall–Kier alpha value is -1.18. The van der Waals surface area contributed by atoms with Crippen LogP contribution in [0.25, 0.3) is 0 Å². The molecular weight excluding hydrogens is 220 g/mol. The van der Waals surface area contributed by atoms with Crippen molar-refractivity contribution in [2.75, 3.05) is 6.61 Å². The molecule has 1 rings (SSSR count). The van der Waals surface area contributed by atoms with Crippen LogP contribution in [0.3, 0.4) is 0 Å². The van der Waals surface area contributed by atoms with E-state index in [0.717, 1.165) is 12.3 Å². The summed E-state index contributed by atoms with van der Waals surface area (Å²) < 4.78 is 25.4. The van der Waals surface area contributed by atoms with Gasteiger partial charge < -0.3 is 10.1 Å². The fraction of sp³-hybridized carbons (Fsp3) is 0.375. The maximum atomic E-state index is 11.6. The maximum Gasteiger partial charge on any atom is 0.247 e. The van der Waals surface area contributed by atoms with E-state index in [4.69, 9.17) is 5.11 Å². The molecule has 6 nitrogen and oxygen atoms in total. The second kappa shape index (κ2) is 4.56. The maximum absolute atomic E-state index is 11.6. The molecule has 3 N–H and O–H groups in total. The van der Waals surface area contributed by atoms with Gasteiger partial charge in [0.15, 0.2) is 0 Å². The molecule has 15 heavy (non-hydrogen) atoms. The number of aliphatic hydroxyl groups is 1. The van der Waals surface area contributed by atoms with Crippen LogP contribution in [0, 0.1) is 0 Å². The van der Waals surface area contributed by atoms with Crippen LogP contribution in [-0.2, 0) is 10.0 Å². The van der Waals surface area contributed by atoms with E-state index < -0.39 is 16.1 Å². The van der Waals surface area contributed by atoms with Gasteiger partial charge in [-0.05, 0) is 13.0 Å². The van der Waals surface area contributed by atoms with Gasteiger partial charge in [0.2, 0.25) is 15.6 Å². The molecule has 0 radical (unpaired) electrons. The lowest BCUT2D eigenvalue weighted by Crippen LogP contribution is -2.35. The van der Waals surface area contributed by atoms with E-state index in [-0.39, 0.29) is 17.1 Å². The van der Waals surface area contributed by atoms with Gasteiger partial charge in [-0.2, -0.15) is 0 Å². The first kappa shape index (κ1) is 11.9. The fourth-order valence-corrected chi connectivity index (χ4v) is 2.14. The topological polar surface area (TPSA) is 99.3 Å². The molecule has 0 saturated carbocycles. The average molecular weight is 232 g/mol. The van der Waals surface area contributed by atoms with Gasteiger partial charge in [-0.1, -0.05) is 0 Å². The number of pyridine rings is 1. The van der Waals surface area contributed by atoms with Gasteiger partial charge in [-0.25, -0.2) is 13.1 Å². The molecule has 1 aromatic heterocycles. The van der Waals surface area contributed by atoms with Crippen LogP contribution in [0.4, 0.5) is 0 Å². The number of nitrogens with one attached hydrogen (secondary N) is 2. The van der Waals surface area contributed by atoms with Crippen molar-refractivity contribution in [1.82, 2.24) is 9.71 Å². The molecule has 1 aromatic rings. The Morgan fingerprint density at radius 2 is 2.20 bits per heavy atom. The summed E-state index contributed by atoms with van der Waals surface area (Å²) in [5.41, 5.74) is -0.371. The van der Waals surface area contributed by atoms with Crippen molar-refractivity contribution in [1.29, 1.82) is 0 Å². The molecule has 0 amide bonds. The smallest absolute Gasteiger partial charge is 0.247 e. The van der Waals surface area contributed by atoms with Gasteiger partial charge in [0, 0.05) is 18.3 Å². The third-order valence-electron chi connectivity index (χ3n) is 1.70. The molecule has 1 atom stereocenters. The van der Waals surface area contributed by atoms with Crippen LogP contribution >= 0.6 is 0 Å². The zero-order valence-electron chi connectivity index (χ0n) is 8.10. The second-order valence-electron chi connectivity index (χ2n) is 3.09. The Morgan fingerprint density at radius 1 is 1.53 bits per heavy atom. The molecule has 1 heterocycles. The largest absolute Gasteiger partial charge is 0.395 e. The van der Waals surface area contributed by atoms with E-state index in [2.05, 4.69) is 9.71 Å². The van der Waals surface area contributed by atoms with E-state index in [0.29, 0.717) is 0 Å². The minimum Gasteiger partial charge on any atom is -0.395 e. The summed E-state index contributed by atoms with van der Waals surface area (Å²) in [6.45, 7) is 1.24. The summed E-state index contributed by atoms with van der Waals surface area (Å²) in [6.07, 6.45) is 1.11.